The molecular weight excluding hydrogens is 232 g/mol. The highest BCUT2D eigenvalue weighted by Gasteiger charge is 2.24. The highest BCUT2D eigenvalue weighted by atomic mass is 15.2. The number of hydrogen-bond acceptors (Lipinski definition) is 2. The molecule has 2 nitrogen and oxygen atoms in total. The molecule has 1 aliphatic heterocycles. The van der Waals surface area contributed by atoms with Crippen LogP contribution in [0.1, 0.15) is 50.8 Å². The molecule has 0 radical (unpaired) electrons. The summed E-state index contributed by atoms with van der Waals surface area (Å²) in [6.45, 7) is 9.05. The van der Waals surface area contributed by atoms with Crippen molar-refractivity contribution in [2.24, 2.45) is 11.7 Å². The van der Waals surface area contributed by atoms with E-state index in [1.807, 2.05) is 0 Å². The molecule has 1 fully saturated rings. The number of benzene rings is 1. The number of likely N-dealkylation sites (tertiary alicyclic amines) is 1. The van der Waals surface area contributed by atoms with Crippen LogP contribution in [0.4, 0.5) is 0 Å². The van der Waals surface area contributed by atoms with E-state index in [0.29, 0.717) is 6.04 Å². The monoisotopic (exact) mass is 260 g/mol. The second-order valence-electron chi connectivity index (χ2n) is 6.19. The Morgan fingerprint density at radius 3 is 2.53 bits per heavy atom. The van der Waals surface area contributed by atoms with Crippen LogP contribution in [0, 0.1) is 5.92 Å². The lowest BCUT2D eigenvalue weighted by atomic mass is 9.94. The van der Waals surface area contributed by atoms with Crippen molar-refractivity contribution >= 4 is 0 Å². The second-order valence-corrected chi connectivity index (χ2v) is 6.19. The lowest BCUT2D eigenvalue weighted by Gasteiger charge is -2.38. The van der Waals surface area contributed by atoms with Gasteiger partial charge in [0.15, 0.2) is 0 Å². The Morgan fingerprint density at radius 2 is 1.89 bits per heavy atom. The van der Waals surface area contributed by atoms with Crippen LogP contribution in [-0.2, 0) is 6.42 Å². The minimum absolute atomic E-state index is 0.138. The summed E-state index contributed by atoms with van der Waals surface area (Å²) in [6, 6.07) is 9.62. The number of hydrogen-bond donors (Lipinski definition) is 1. The molecule has 1 aromatic carbocycles. The summed E-state index contributed by atoms with van der Waals surface area (Å²) in [5, 5.41) is 0. The molecule has 0 aliphatic carbocycles. The van der Waals surface area contributed by atoms with Crippen molar-refractivity contribution in [3.63, 3.8) is 0 Å². The Kier molecular flexibility index (Phi) is 5.00. The van der Waals surface area contributed by atoms with Crippen LogP contribution >= 0.6 is 0 Å². The van der Waals surface area contributed by atoms with Gasteiger partial charge in [-0.3, -0.25) is 4.90 Å². The van der Waals surface area contributed by atoms with Crippen molar-refractivity contribution in [3.05, 3.63) is 35.4 Å². The van der Waals surface area contributed by atoms with Gasteiger partial charge < -0.3 is 5.73 Å². The Balaban J connectivity index is 1.97. The van der Waals surface area contributed by atoms with E-state index >= 15 is 0 Å². The molecule has 0 aromatic heterocycles. The van der Waals surface area contributed by atoms with Gasteiger partial charge in [-0.1, -0.05) is 38.1 Å². The highest BCUT2D eigenvalue weighted by molar-refractivity contribution is 5.25. The quantitative estimate of drug-likeness (QED) is 0.899. The Labute approximate surface area is 118 Å². The van der Waals surface area contributed by atoms with Crippen molar-refractivity contribution in [1.82, 2.24) is 4.90 Å². The van der Waals surface area contributed by atoms with Crippen LogP contribution in [-0.4, -0.2) is 24.0 Å². The fourth-order valence-electron chi connectivity index (χ4n) is 2.99. The maximum Gasteiger partial charge on any atom is 0.0424 e. The van der Waals surface area contributed by atoms with Gasteiger partial charge in [0.05, 0.1) is 0 Å². The summed E-state index contributed by atoms with van der Waals surface area (Å²) >= 11 is 0. The molecule has 1 aromatic rings. The van der Waals surface area contributed by atoms with Gasteiger partial charge in [0.1, 0.15) is 0 Å². The molecule has 19 heavy (non-hydrogen) atoms. The van der Waals surface area contributed by atoms with E-state index < -0.39 is 0 Å². The predicted octanol–water partition coefficient (Wildman–Crippen LogP) is 3.37. The summed E-state index contributed by atoms with van der Waals surface area (Å²) in [5.74, 6) is 0.811. The smallest absolute Gasteiger partial charge is 0.0424 e. The molecule has 0 saturated carbocycles. The zero-order chi connectivity index (χ0) is 13.8. The lowest BCUT2D eigenvalue weighted by molar-refractivity contribution is 0.117. The van der Waals surface area contributed by atoms with Gasteiger partial charge in [-0.05, 0) is 43.2 Å². The standard InChI is InChI=1S/C17H28N2/c1-4-15-7-9-16(10-8-15)17(18)12-19-11-13(2)5-6-14(19)3/h7-10,13-14,17H,4-6,11-12,18H2,1-3H3. The summed E-state index contributed by atoms with van der Waals surface area (Å²) in [7, 11) is 0. The number of nitrogens with zero attached hydrogens (tertiary/aromatic N) is 1. The molecule has 2 rings (SSSR count). The van der Waals surface area contributed by atoms with Gasteiger partial charge in [0.25, 0.3) is 0 Å². The maximum absolute atomic E-state index is 6.38. The van der Waals surface area contributed by atoms with E-state index in [1.165, 1.54) is 30.5 Å². The van der Waals surface area contributed by atoms with Gasteiger partial charge in [-0.2, -0.15) is 0 Å². The van der Waals surface area contributed by atoms with Crippen LogP contribution in [0.25, 0.3) is 0 Å². The summed E-state index contributed by atoms with van der Waals surface area (Å²) < 4.78 is 0. The number of nitrogens with two attached hydrogens (primary N) is 1. The van der Waals surface area contributed by atoms with E-state index in [9.17, 15) is 0 Å². The zero-order valence-electron chi connectivity index (χ0n) is 12.6. The van der Waals surface area contributed by atoms with E-state index in [4.69, 9.17) is 5.73 Å². The SMILES string of the molecule is CCc1ccc(C(N)CN2CC(C)CCC2C)cc1. The molecule has 3 atom stereocenters. The predicted molar refractivity (Wildman–Crippen MR) is 82.2 cm³/mol. The average Bonchev–Trinajstić information content (AvgIpc) is 2.43. The van der Waals surface area contributed by atoms with Crippen molar-refractivity contribution in [2.75, 3.05) is 13.1 Å². The molecule has 2 heteroatoms. The van der Waals surface area contributed by atoms with Gasteiger partial charge in [0, 0.05) is 25.2 Å². The molecule has 106 valence electrons. The normalized spacial score (nSPS) is 26.3. The van der Waals surface area contributed by atoms with Crippen LogP contribution in [0.15, 0.2) is 24.3 Å². The first-order valence-electron chi connectivity index (χ1n) is 7.68. The van der Waals surface area contributed by atoms with Gasteiger partial charge in [-0.15, -0.1) is 0 Å². The van der Waals surface area contributed by atoms with Gasteiger partial charge in [0.2, 0.25) is 0 Å². The fourth-order valence-corrected chi connectivity index (χ4v) is 2.99. The minimum Gasteiger partial charge on any atom is -0.323 e. The zero-order valence-corrected chi connectivity index (χ0v) is 12.6. The molecular formula is C17H28N2. The van der Waals surface area contributed by atoms with Crippen molar-refractivity contribution in [1.29, 1.82) is 0 Å². The third-order valence-corrected chi connectivity index (χ3v) is 4.49. The Bertz CT molecular complexity index is 385. The van der Waals surface area contributed by atoms with E-state index in [1.54, 1.807) is 0 Å². The second kappa shape index (κ2) is 6.53. The number of aryl methyl sites for hydroxylation is 1. The number of rotatable bonds is 4. The Morgan fingerprint density at radius 1 is 1.21 bits per heavy atom. The molecule has 3 unspecified atom stereocenters. The van der Waals surface area contributed by atoms with E-state index in [-0.39, 0.29) is 6.04 Å². The van der Waals surface area contributed by atoms with Crippen LogP contribution in [0.3, 0.4) is 0 Å². The van der Waals surface area contributed by atoms with Gasteiger partial charge >= 0.3 is 0 Å². The van der Waals surface area contributed by atoms with Crippen LogP contribution in [0.5, 0.6) is 0 Å². The Hall–Kier alpha value is -0.860. The molecule has 1 heterocycles. The summed E-state index contributed by atoms with van der Waals surface area (Å²) in [5.41, 5.74) is 9.03. The van der Waals surface area contributed by atoms with Crippen molar-refractivity contribution in [3.8, 4) is 0 Å². The highest BCUT2D eigenvalue weighted by Crippen LogP contribution is 2.23. The topological polar surface area (TPSA) is 29.3 Å². The lowest BCUT2D eigenvalue weighted by Crippen LogP contribution is -2.44. The fraction of sp³-hybridized carbons (Fsp3) is 0.647. The third-order valence-electron chi connectivity index (χ3n) is 4.49. The summed E-state index contributed by atoms with van der Waals surface area (Å²) in [4.78, 5) is 2.56. The molecule has 2 N–H and O–H groups in total. The van der Waals surface area contributed by atoms with Gasteiger partial charge in [-0.25, -0.2) is 0 Å². The molecule has 0 amide bonds. The molecule has 0 bridgehead atoms. The molecule has 1 aliphatic rings. The van der Waals surface area contributed by atoms with Crippen molar-refractivity contribution in [2.45, 2.75) is 52.1 Å². The minimum atomic E-state index is 0.138. The molecule has 1 saturated heterocycles. The largest absolute Gasteiger partial charge is 0.323 e. The first-order valence-corrected chi connectivity index (χ1v) is 7.68. The summed E-state index contributed by atoms with van der Waals surface area (Å²) in [6.07, 6.45) is 3.76. The maximum atomic E-state index is 6.38. The van der Waals surface area contributed by atoms with Crippen molar-refractivity contribution < 1.29 is 0 Å². The molecule has 0 spiro atoms. The third kappa shape index (κ3) is 3.80. The van der Waals surface area contributed by atoms with E-state index in [2.05, 4.69) is 49.9 Å². The van der Waals surface area contributed by atoms with Crippen LogP contribution in [0.2, 0.25) is 0 Å². The first kappa shape index (κ1) is 14.5. The van der Waals surface area contributed by atoms with E-state index in [0.717, 1.165) is 18.9 Å². The van der Waals surface area contributed by atoms with Crippen LogP contribution < -0.4 is 5.73 Å². The number of piperidine rings is 1. The first-order chi connectivity index (χ1) is 9.10. The average molecular weight is 260 g/mol.